The molecule has 1 aromatic heterocycles. The number of nitrogens with one attached hydrogen (secondary N) is 1. The fourth-order valence-corrected chi connectivity index (χ4v) is 4.06. The van der Waals surface area contributed by atoms with E-state index in [1.165, 1.54) is 12.0 Å². The van der Waals surface area contributed by atoms with E-state index in [4.69, 9.17) is 4.98 Å². The Hall–Kier alpha value is -2.88. The van der Waals surface area contributed by atoms with Gasteiger partial charge in [-0.2, -0.15) is 0 Å². The van der Waals surface area contributed by atoms with E-state index in [0.717, 1.165) is 59.7 Å². The summed E-state index contributed by atoms with van der Waals surface area (Å²) >= 11 is 0. The van der Waals surface area contributed by atoms with Crippen LogP contribution in [0.1, 0.15) is 52.1 Å². The van der Waals surface area contributed by atoms with Gasteiger partial charge in [-0.15, -0.1) is 0 Å². The van der Waals surface area contributed by atoms with E-state index >= 15 is 0 Å². The lowest BCUT2D eigenvalue weighted by atomic mass is 10.1. The molecule has 0 radical (unpaired) electrons. The van der Waals surface area contributed by atoms with Gasteiger partial charge in [-0.05, 0) is 63.3 Å². The molecule has 1 aliphatic rings. The molecular formula is C24H27N3O. The molecule has 2 aromatic carbocycles. The van der Waals surface area contributed by atoms with Crippen molar-refractivity contribution in [1.29, 1.82) is 0 Å². The number of fused-ring (bicyclic) bond motifs is 1. The first kappa shape index (κ1) is 18.5. The number of aromatic nitrogens is 2. The minimum Gasteiger partial charge on any atom is -0.327 e. The van der Waals surface area contributed by atoms with Crippen LogP contribution in [0.3, 0.4) is 0 Å². The van der Waals surface area contributed by atoms with E-state index in [2.05, 4.69) is 47.1 Å². The van der Waals surface area contributed by atoms with Crippen LogP contribution in [-0.2, 0) is 13.0 Å². The number of imidazole rings is 1. The van der Waals surface area contributed by atoms with Gasteiger partial charge in [-0.25, -0.2) is 4.98 Å². The lowest BCUT2D eigenvalue weighted by Gasteiger charge is -2.10. The smallest absolute Gasteiger partial charge is 0.276 e. The minimum absolute atomic E-state index is 0.117. The first-order valence-corrected chi connectivity index (χ1v) is 10.1. The molecule has 1 aliphatic heterocycles. The lowest BCUT2D eigenvalue weighted by Crippen LogP contribution is -2.15. The summed E-state index contributed by atoms with van der Waals surface area (Å²) in [4.78, 5) is 18.0. The number of carbonyl (C=O) groups excluding carboxylic acids is 1. The average Bonchev–Trinajstić information content (AvgIpc) is 2.83. The second-order valence-electron chi connectivity index (χ2n) is 7.89. The highest BCUT2D eigenvalue weighted by Crippen LogP contribution is 2.28. The highest BCUT2D eigenvalue weighted by atomic mass is 16.1. The van der Waals surface area contributed by atoms with Gasteiger partial charge in [-0.1, -0.05) is 42.3 Å². The summed E-state index contributed by atoms with van der Waals surface area (Å²) in [5.41, 5.74) is 7.03. The van der Waals surface area contributed by atoms with Crippen LogP contribution < -0.4 is 5.32 Å². The van der Waals surface area contributed by atoms with Crippen LogP contribution in [0.25, 0.3) is 11.4 Å². The number of anilines is 1. The quantitative estimate of drug-likeness (QED) is 0.663. The molecule has 1 N–H and O–H groups in total. The molecule has 0 fully saturated rings. The van der Waals surface area contributed by atoms with Gasteiger partial charge in [0, 0.05) is 17.8 Å². The molecular weight excluding hydrogens is 346 g/mol. The molecule has 28 heavy (non-hydrogen) atoms. The Balaban J connectivity index is 1.73. The minimum atomic E-state index is -0.117. The lowest BCUT2D eigenvalue weighted by molar-refractivity contribution is 0.102. The van der Waals surface area contributed by atoms with Crippen LogP contribution in [0, 0.1) is 20.8 Å². The summed E-state index contributed by atoms with van der Waals surface area (Å²) in [5.74, 6) is 0.788. The maximum absolute atomic E-state index is 13.1. The van der Waals surface area contributed by atoms with Gasteiger partial charge in [0.25, 0.3) is 5.91 Å². The summed E-state index contributed by atoms with van der Waals surface area (Å²) in [6.45, 7) is 7.09. The highest BCUT2D eigenvalue weighted by molar-refractivity contribution is 6.04. The molecule has 0 atom stereocenters. The molecule has 4 rings (SSSR count). The molecule has 0 saturated heterocycles. The SMILES string of the molecule is Cc1ccc(-c2nc(C(=O)Nc3cc(C)cc(C)c3)c3n2CCCCC3)cc1. The van der Waals surface area contributed by atoms with Crippen molar-refractivity contribution in [2.24, 2.45) is 0 Å². The van der Waals surface area contributed by atoms with Gasteiger partial charge in [0.1, 0.15) is 11.5 Å². The van der Waals surface area contributed by atoms with Gasteiger partial charge < -0.3 is 9.88 Å². The van der Waals surface area contributed by atoms with Gasteiger partial charge in [0.05, 0.1) is 5.69 Å². The number of amides is 1. The normalized spacial score (nSPS) is 13.7. The van der Waals surface area contributed by atoms with Crippen LogP contribution in [-0.4, -0.2) is 15.5 Å². The second kappa shape index (κ2) is 7.63. The van der Waals surface area contributed by atoms with Crippen molar-refractivity contribution in [3.63, 3.8) is 0 Å². The van der Waals surface area contributed by atoms with Crippen LogP contribution in [0.15, 0.2) is 42.5 Å². The van der Waals surface area contributed by atoms with Crippen LogP contribution in [0.2, 0.25) is 0 Å². The van der Waals surface area contributed by atoms with Crippen LogP contribution in [0.5, 0.6) is 0 Å². The van der Waals surface area contributed by atoms with E-state index < -0.39 is 0 Å². The third-order valence-electron chi connectivity index (χ3n) is 5.37. The summed E-state index contributed by atoms with van der Waals surface area (Å²) in [6, 6.07) is 14.5. The van der Waals surface area contributed by atoms with E-state index in [9.17, 15) is 4.79 Å². The first-order chi connectivity index (χ1) is 13.5. The molecule has 0 saturated carbocycles. The fourth-order valence-electron chi connectivity index (χ4n) is 4.06. The number of aryl methyl sites for hydroxylation is 3. The molecule has 0 spiro atoms. The van der Waals surface area contributed by atoms with Crippen molar-refractivity contribution < 1.29 is 4.79 Å². The molecule has 0 aliphatic carbocycles. The third kappa shape index (κ3) is 3.72. The second-order valence-corrected chi connectivity index (χ2v) is 7.89. The topological polar surface area (TPSA) is 46.9 Å². The zero-order chi connectivity index (χ0) is 19.7. The van der Waals surface area contributed by atoms with E-state index in [0.29, 0.717) is 5.69 Å². The molecule has 1 amide bonds. The van der Waals surface area contributed by atoms with E-state index in [-0.39, 0.29) is 5.91 Å². The van der Waals surface area contributed by atoms with Crippen molar-refractivity contribution >= 4 is 11.6 Å². The standard InChI is InChI=1S/C24H27N3O/c1-16-8-10-19(11-9-16)23-26-22(21-7-5-4-6-12-27(21)23)24(28)25-20-14-17(2)13-18(3)15-20/h8-11,13-15H,4-7,12H2,1-3H3,(H,25,28). The van der Waals surface area contributed by atoms with Crippen LogP contribution in [0.4, 0.5) is 5.69 Å². The van der Waals surface area contributed by atoms with Crippen molar-refractivity contribution in [3.8, 4) is 11.4 Å². The Kier molecular flexibility index (Phi) is 5.03. The fraction of sp³-hybridized carbons (Fsp3) is 0.333. The number of nitrogens with zero attached hydrogens (tertiary/aromatic N) is 2. The summed E-state index contributed by atoms with van der Waals surface area (Å²) < 4.78 is 2.26. The van der Waals surface area contributed by atoms with Gasteiger partial charge >= 0.3 is 0 Å². The molecule has 0 unspecified atom stereocenters. The summed E-state index contributed by atoms with van der Waals surface area (Å²) in [6.07, 6.45) is 4.31. The maximum atomic E-state index is 13.1. The number of hydrogen-bond donors (Lipinski definition) is 1. The van der Waals surface area contributed by atoms with E-state index in [1.54, 1.807) is 0 Å². The predicted octanol–water partition coefficient (Wildman–Crippen LogP) is 5.45. The molecule has 2 heterocycles. The van der Waals surface area contributed by atoms with Crippen molar-refractivity contribution in [1.82, 2.24) is 9.55 Å². The Morgan fingerprint density at radius 2 is 1.64 bits per heavy atom. The number of hydrogen-bond acceptors (Lipinski definition) is 2. The molecule has 4 nitrogen and oxygen atoms in total. The number of carbonyl (C=O) groups is 1. The van der Waals surface area contributed by atoms with Gasteiger partial charge in [-0.3, -0.25) is 4.79 Å². The largest absolute Gasteiger partial charge is 0.327 e. The molecule has 0 bridgehead atoms. The Morgan fingerprint density at radius 1 is 0.929 bits per heavy atom. The Bertz CT molecular complexity index is 995. The first-order valence-electron chi connectivity index (χ1n) is 10.1. The maximum Gasteiger partial charge on any atom is 0.276 e. The van der Waals surface area contributed by atoms with Gasteiger partial charge in [0.15, 0.2) is 0 Å². The molecule has 144 valence electrons. The Morgan fingerprint density at radius 3 is 2.36 bits per heavy atom. The number of rotatable bonds is 3. The van der Waals surface area contributed by atoms with Crippen LogP contribution >= 0.6 is 0 Å². The predicted molar refractivity (Wildman–Crippen MR) is 114 cm³/mol. The van der Waals surface area contributed by atoms with Gasteiger partial charge in [0.2, 0.25) is 0 Å². The van der Waals surface area contributed by atoms with Crippen molar-refractivity contribution in [3.05, 3.63) is 70.5 Å². The summed E-state index contributed by atoms with van der Waals surface area (Å²) in [5, 5.41) is 3.07. The zero-order valence-electron chi connectivity index (χ0n) is 16.9. The zero-order valence-corrected chi connectivity index (χ0v) is 16.9. The third-order valence-corrected chi connectivity index (χ3v) is 5.37. The van der Waals surface area contributed by atoms with Crippen molar-refractivity contribution in [2.75, 3.05) is 5.32 Å². The van der Waals surface area contributed by atoms with E-state index in [1.807, 2.05) is 26.0 Å². The van der Waals surface area contributed by atoms with Crippen molar-refractivity contribution in [2.45, 2.75) is 53.0 Å². The average molecular weight is 374 g/mol. The molecule has 4 heteroatoms. The molecule has 3 aromatic rings. The summed E-state index contributed by atoms with van der Waals surface area (Å²) in [7, 11) is 0. The monoisotopic (exact) mass is 373 g/mol. The Labute approximate surface area is 166 Å². The highest BCUT2D eigenvalue weighted by Gasteiger charge is 2.24. The number of benzene rings is 2.